The second-order valence-corrected chi connectivity index (χ2v) is 5.75. The van der Waals surface area contributed by atoms with E-state index >= 15 is 0 Å². The first kappa shape index (κ1) is 11.0. The molecular weight excluding hydrogens is 162 g/mol. The molecule has 1 aliphatic rings. The quantitative estimate of drug-likeness (QED) is 0.690. The lowest BCUT2D eigenvalue weighted by molar-refractivity contribution is -0.0119. The van der Waals surface area contributed by atoms with Gasteiger partial charge in [0.25, 0.3) is 0 Å². The summed E-state index contributed by atoms with van der Waals surface area (Å²) >= 11 is 0. The van der Waals surface area contributed by atoms with E-state index in [0.717, 1.165) is 25.8 Å². The predicted octanol–water partition coefficient (Wildman–Crippen LogP) is 1.91. The Morgan fingerprint density at radius 3 is 2.38 bits per heavy atom. The van der Waals surface area contributed by atoms with Crippen molar-refractivity contribution in [1.29, 1.82) is 0 Å². The molecule has 1 aliphatic carbocycles. The average Bonchev–Trinajstić information content (AvgIpc) is 1.78. The van der Waals surface area contributed by atoms with Gasteiger partial charge >= 0.3 is 0 Å². The summed E-state index contributed by atoms with van der Waals surface area (Å²) in [5.41, 5.74) is 6.14. The lowest BCUT2D eigenvalue weighted by Gasteiger charge is -2.45. The highest BCUT2D eigenvalue weighted by Crippen LogP contribution is 2.47. The lowest BCUT2D eigenvalue weighted by Crippen LogP contribution is -2.39. The summed E-state index contributed by atoms with van der Waals surface area (Å²) in [4.78, 5) is 0. The van der Waals surface area contributed by atoms with Crippen molar-refractivity contribution in [3.8, 4) is 0 Å². The van der Waals surface area contributed by atoms with Crippen molar-refractivity contribution in [1.82, 2.24) is 0 Å². The number of hydrogen-bond donors (Lipinski definition) is 2. The Bertz CT molecular complexity index is 179. The zero-order valence-corrected chi connectivity index (χ0v) is 9.14. The molecule has 2 nitrogen and oxygen atoms in total. The van der Waals surface area contributed by atoms with Gasteiger partial charge in [-0.05, 0) is 43.1 Å². The Balaban J connectivity index is 2.66. The van der Waals surface area contributed by atoms with Gasteiger partial charge in [0.05, 0.1) is 6.10 Å². The summed E-state index contributed by atoms with van der Waals surface area (Å²) in [6.45, 7) is 7.47. The van der Waals surface area contributed by atoms with Crippen LogP contribution in [-0.4, -0.2) is 17.8 Å². The van der Waals surface area contributed by atoms with Crippen molar-refractivity contribution in [2.24, 2.45) is 16.6 Å². The van der Waals surface area contributed by atoms with Gasteiger partial charge < -0.3 is 10.8 Å². The predicted molar refractivity (Wildman–Crippen MR) is 55.4 cm³/mol. The molecule has 0 saturated heterocycles. The molecule has 0 heterocycles. The van der Waals surface area contributed by atoms with E-state index < -0.39 is 0 Å². The van der Waals surface area contributed by atoms with Gasteiger partial charge in [-0.3, -0.25) is 0 Å². The van der Waals surface area contributed by atoms with E-state index in [9.17, 15) is 5.11 Å². The summed E-state index contributed by atoms with van der Waals surface area (Å²) in [7, 11) is 0. The molecule has 1 saturated carbocycles. The normalized spacial score (nSPS) is 39.0. The molecule has 0 amide bonds. The monoisotopic (exact) mass is 185 g/mol. The van der Waals surface area contributed by atoms with Crippen LogP contribution in [0.5, 0.6) is 0 Å². The molecule has 1 rings (SSSR count). The largest absolute Gasteiger partial charge is 0.393 e. The van der Waals surface area contributed by atoms with Gasteiger partial charge in [0, 0.05) is 0 Å². The minimum absolute atomic E-state index is 0.125. The molecular formula is C11H23NO. The highest BCUT2D eigenvalue weighted by atomic mass is 16.3. The fraction of sp³-hybridized carbons (Fsp3) is 1.00. The van der Waals surface area contributed by atoms with E-state index in [4.69, 9.17) is 5.73 Å². The molecule has 2 atom stereocenters. The molecule has 2 unspecified atom stereocenters. The van der Waals surface area contributed by atoms with Gasteiger partial charge in [-0.2, -0.15) is 0 Å². The summed E-state index contributed by atoms with van der Waals surface area (Å²) in [6, 6.07) is 0. The number of nitrogens with two attached hydrogens (primary N) is 1. The van der Waals surface area contributed by atoms with Gasteiger partial charge in [-0.1, -0.05) is 20.8 Å². The lowest BCUT2D eigenvalue weighted by atomic mass is 9.62. The third kappa shape index (κ3) is 2.96. The Hall–Kier alpha value is -0.0800. The second kappa shape index (κ2) is 3.58. The third-order valence-corrected chi connectivity index (χ3v) is 3.17. The zero-order chi connectivity index (χ0) is 10.1. The van der Waals surface area contributed by atoms with Crippen molar-refractivity contribution in [3.05, 3.63) is 0 Å². The molecule has 2 heteroatoms. The van der Waals surface area contributed by atoms with Crippen molar-refractivity contribution in [2.75, 3.05) is 6.54 Å². The van der Waals surface area contributed by atoms with Crippen LogP contribution in [0.15, 0.2) is 0 Å². The summed E-state index contributed by atoms with van der Waals surface area (Å²) in [5, 5.41) is 9.77. The van der Waals surface area contributed by atoms with E-state index in [1.807, 2.05) is 0 Å². The van der Waals surface area contributed by atoms with Gasteiger partial charge in [-0.25, -0.2) is 0 Å². The Morgan fingerprint density at radius 2 is 1.92 bits per heavy atom. The Morgan fingerprint density at radius 1 is 1.31 bits per heavy atom. The van der Waals surface area contributed by atoms with E-state index in [1.165, 1.54) is 6.42 Å². The van der Waals surface area contributed by atoms with Crippen LogP contribution in [0.2, 0.25) is 0 Å². The summed E-state index contributed by atoms with van der Waals surface area (Å²) in [5.74, 6) is 0. The van der Waals surface area contributed by atoms with Gasteiger partial charge in [-0.15, -0.1) is 0 Å². The van der Waals surface area contributed by atoms with Crippen molar-refractivity contribution in [2.45, 2.75) is 52.6 Å². The van der Waals surface area contributed by atoms with Crippen LogP contribution in [-0.2, 0) is 0 Å². The molecule has 13 heavy (non-hydrogen) atoms. The first-order chi connectivity index (χ1) is 5.87. The van der Waals surface area contributed by atoms with Gasteiger partial charge in [0.1, 0.15) is 0 Å². The maximum absolute atomic E-state index is 9.77. The standard InChI is InChI=1S/C11H23NO/c1-10(2)6-9(13)7-11(3,8-10)4-5-12/h9,13H,4-8,12H2,1-3H3. The van der Waals surface area contributed by atoms with Crippen LogP contribution in [0.3, 0.4) is 0 Å². The zero-order valence-electron chi connectivity index (χ0n) is 9.14. The highest BCUT2D eigenvalue weighted by molar-refractivity contribution is 4.91. The van der Waals surface area contributed by atoms with Crippen molar-refractivity contribution < 1.29 is 5.11 Å². The summed E-state index contributed by atoms with van der Waals surface area (Å²) in [6.07, 6.45) is 3.96. The Kier molecular flexibility index (Phi) is 3.03. The number of aliphatic hydroxyl groups excluding tert-OH is 1. The molecule has 78 valence electrons. The number of aliphatic hydroxyl groups is 1. The van der Waals surface area contributed by atoms with Crippen LogP contribution in [0, 0.1) is 10.8 Å². The van der Waals surface area contributed by atoms with E-state index in [1.54, 1.807) is 0 Å². The molecule has 0 spiro atoms. The van der Waals surface area contributed by atoms with Crippen LogP contribution in [0.4, 0.5) is 0 Å². The van der Waals surface area contributed by atoms with Crippen LogP contribution < -0.4 is 5.73 Å². The first-order valence-electron chi connectivity index (χ1n) is 5.25. The van der Waals surface area contributed by atoms with E-state index in [-0.39, 0.29) is 16.9 Å². The summed E-state index contributed by atoms with van der Waals surface area (Å²) < 4.78 is 0. The number of rotatable bonds is 2. The van der Waals surface area contributed by atoms with Crippen molar-refractivity contribution >= 4 is 0 Å². The molecule has 0 bridgehead atoms. The van der Waals surface area contributed by atoms with Crippen molar-refractivity contribution in [3.63, 3.8) is 0 Å². The number of hydrogen-bond acceptors (Lipinski definition) is 2. The molecule has 3 N–H and O–H groups in total. The third-order valence-electron chi connectivity index (χ3n) is 3.17. The van der Waals surface area contributed by atoms with Crippen LogP contribution >= 0.6 is 0 Å². The topological polar surface area (TPSA) is 46.2 Å². The van der Waals surface area contributed by atoms with Crippen LogP contribution in [0.25, 0.3) is 0 Å². The van der Waals surface area contributed by atoms with Gasteiger partial charge in [0.2, 0.25) is 0 Å². The van der Waals surface area contributed by atoms with Crippen LogP contribution in [0.1, 0.15) is 46.5 Å². The molecule has 0 radical (unpaired) electrons. The van der Waals surface area contributed by atoms with E-state index in [0.29, 0.717) is 0 Å². The molecule has 0 aromatic heterocycles. The molecule has 0 aliphatic heterocycles. The molecule has 1 fully saturated rings. The Labute approximate surface area is 81.5 Å². The smallest absolute Gasteiger partial charge is 0.0550 e. The molecule has 0 aromatic rings. The highest BCUT2D eigenvalue weighted by Gasteiger charge is 2.39. The SMILES string of the molecule is CC1(C)CC(O)CC(C)(CCN)C1. The fourth-order valence-corrected chi connectivity index (χ4v) is 3.12. The van der Waals surface area contributed by atoms with Gasteiger partial charge in [0.15, 0.2) is 0 Å². The maximum atomic E-state index is 9.77. The molecule has 0 aromatic carbocycles. The van der Waals surface area contributed by atoms with E-state index in [2.05, 4.69) is 20.8 Å². The average molecular weight is 185 g/mol. The second-order valence-electron chi connectivity index (χ2n) is 5.75. The maximum Gasteiger partial charge on any atom is 0.0550 e. The first-order valence-corrected chi connectivity index (χ1v) is 5.25. The minimum atomic E-state index is -0.125. The minimum Gasteiger partial charge on any atom is -0.393 e. The fourth-order valence-electron chi connectivity index (χ4n) is 3.12.